The average Bonchev–Trinajstić information content (AvgIpc) is 3.32. The van der Waals surface area contributed by atoms with Crippen LogP contribution in [0, 0.1) is 5.92 Å². The highest BCUT2D eigenvalue weighted by atomic mass is 79.9. The Kier molecular flexibility index (Phi) is 9.98. The van der Waals surface area contributed by atoms with Gasteiger partial charge in [0.25, 0.3) is 11.8 Å². The third-order valence-corrected chi connectivity index (χ3v) is 5.92. The quantitative estimate of drug-likeness (QED) is 0.222. The number of hydrogen-bond donors (Lipinski definition) is 2. The first-order valence-electron chi connectivity index (χ1n) is 12.0. The molecule has 0 saturated carbocycles. The summed E-state index contributed by atoms with van der Waals surface area (Å²) in [6.07, 6.45) is 3.48. The maximum Gasteiger partial charge on any atom is 0.262 e. The predicted octanol–water partition coefficient (Wildman–Crippen LogP) is 4.66. The van der Waals surface area contributed by atoms with Crippen molar-refractivity contribution in [1.29, 1.82) is 0 Å². The van der Waals surface area contributed by atoms with Gasteiger partial charge < -0.3 is 24.3 Å². The van der Waals surface area contributed by atoms with Crippen molar-refractivity contribution in [1.82, 2.24) is 10.7 Å². The van der Waals surface area contributed by atoms with E-state index in [0.29, 0.717) is 47.3 Å². The van der Waals surface area contributed by atoms with Crippen molar-refractivity contribution in [2.24, 2.45) is 11.0 Å². The van der Waals surface area contributed by atoms with Crippen molar-refractivity contribution in [2.75, 3.05) is 20.0 Å². The highest BCUT2D eigenvalue weighted by Gasteiger charge is 2.25. The molecule has 1 aliphatic heterocycles. The minimum absolute atomic E-state index is 0.118. The number of fused-ring (bicyclic) bond motifs is 1. The van der Waals surface area contributed by atoms with Crippen molar-refractivity contribution >= 4 is 34.0 Å². The van der Waals surface area contributed by atoms with Gasteiger partial charge in [-0.05, 0) is 71.1 Å². The van der Waals surface area contributed by atoms with Gasteiger partial charge in [-0.2, -0.15) is 5.10 Å². The number of ether oxygens (including phenoxy) is 4. The minimum Gasteiger partial charge on any atom is -0.490 e. The van der Waals surface area contributed by atoms with E-state index in [9.17, 15) is 9.59 Å². The van der Waals surface area contributed by atoms with Crippen LogP contribution in [0.5, 0.6) is 23.0 Å². The third-order valence-electron chi connectivity index (χ3n) is 5.33. The van der Waals surface area contributed by atoms with Crippen LogP contribution in [0.15, 0.2) is 39.9 Å². The molecule has 2 amide bonds. The maximum atomic E-state index is 12.8. The standard InChI is InChI=1S/C26H32BrN3O6/c1-5-7-10-34-24-19(27)11-17(12-22(24)33-6-2)14-28-30-26(32)23(16(3)4)29-25(31)18-8-9-20-21(13-18)36-15-35-20/h8-9,11-14,16,23H,5-7,10,15H2,1-4H3,(H,29,31)(H,30,32). The van der Waals surface area contributed by atoms with Crippen molar-refractivity contribution in [3.8, 4) is 23.0 Å². The molecule has 10 heteroatoms. The Bertz CT molecular complexity index is 1110. The summed E-state index contributed by atoms with van der Waals surface area (Å²) in [6, 6.07) is 7.72. The van der Waals surface area contributed by atoms with Gasteiger partial charge in [0, 0.05) is 5.56 Å². The Morgan fingerprint density at radius 3 is 2.64 bits per heavy atom. The summed E-state index contributed by atoms with van der Waals surface area (Å²) in [7, 11) is 0. The van der Waals surface area contributed by atoms with E-state index in [2.05, 4.69) is 38.7 Å². The molecule has 1 aliphatic rings. The van der Waals surface area contributed by atoms with E-state index in [1.807, 2.05) is 26.8 Å². The zero-order valence-electron chi connectivity index (χ0n) is 20.9. The zero-order valence-corrected chi connectivity index (χ0v) is 22.5. The molecule has 194 valence electrons. The van der Waals surface area contributed by atoms with Gasteiger partial charge in [-0.25, -0.2) is 5.43 Å². The fraction of sp³-hybridized carbons (Fsp3) is 0.423. The van der Waals surface area contributed by atoms with Crippen molar-refractivity contribution in [3.63, 3.8) is 0 Å². The largest absolute Gasteiger partial charge is 0.490 e. The highest BCUT2D eigenvalue weighted by molar-refractivity contribution is 9.10. The number of carbonyl (C=O) groups is 2. The normalized spacial score (nSPS) is 13.1. The topological polar surface area (TPSA) is 107 Å². The average molecular weight is 562 g/mol. The summed E-state index contributed by atoms with van der Waals surface area (Å²) < 4.78 is 22.9. The number of carbonyl (C=O) groups excluding carboxylic acids is 2. The summed E-state index contributed by atoms with van der Waals surface area (Å²) in [5.41, 5.74) is 3.60. The molecule has 9 nitrogen and oxygen atoms in total. The Balaban J connectivity index is 1.66. The summed E-state index contributed by atoms with van der Waals surface area (Å²) in [5, 5.41) is 6.86. The van der Waals surface area contributed by atoms with Crippen molar-refractivity contribution in [2.45, 2.75) is 46.6 Å². The van der Waals surface area contributed by atoms with Gasteiger partial charge in [-0.1, -0.05) is 27.2 Å². The molecule has 3 rings (SSSR count). The lowest BCUT2D eigenvalue weighted by Gasteiger charge is -2.20. The smallest absolute Gasteiger partial charge is 0.262 e. The van der Waals surface area contributed by atoms with E-state index in [0.717, 1.165) is 17.3 Å². The Morgan fingerprint density at radius 2 is 1.92 bits per heavy atom. The second kappa shape index (κ2) is 13.2. The summed E-state index contributed by atoms with van der Waals surface area (Å²) in [4.78, 5) is 25.6. The van der Waals surface area contributed by atoms with E-state index in [-0.39, 0.29) is 12.7 Å². The summed E-state index contributed by atoms with van der Waals surface area (Å²) in [5.74, 6) is 1.31. The fourth-order valence-corrected chi connectivity index (χ4v) is 4.00. The van der Waals surface area contributed by atoms with Crippen LogP contribution in [0.3, 0.4) is 0 Å². The number of halogens is 1. The van der Waals surface area contributed by atoms with Crippen molar-refractivity contribution in [3.05, 3.63) is 45.9 Å². The molecule has 36 heavy (non-hydrogen) atoms. The van der Waals surface area contributed by atoms with E-state index in [1.165, 1.54) is 6.21 Å². The molecule has 0 aliphatic carbocycles. The minimum atomic E-state index is -0.792. The van der Waals surface area contributed by atoms with Gasteiger partial charge in [0.15, 0.2) is 23.0 Å². The van der Waals surface area contributed by atoms with Crippen LogP contribution in [-0.4, -0.2) is 44.1 Å². The molecule has 2 N–H and O–H groups in total. The molecule has 0 radical (unpaired) electrons. The summed E-state index contributed by atoms with van der Waals surface area (Å²) >= 11 is 3.53. The molecule has 2 aromatic rings. The second-order valence-corrected chi connectivity index (χ2v) is 9.32. The van der Waals surface area contributed by atoms with Crippen LogP contribution in [0.2, 0.25) is 0 Å². The lowest BCUT2D eigenvalue weighted by atomic mass is 10.0. The molecule has 0 spiro atoms. The highest BCUT2D eigenvalue weighted by Crippen LogP contribution is 2.37. The Hall–Kier alpha value is -3.27. The zero-order chi connectivity index (χ0) is 26.1. The summed E-state index contributed by atoms with van der Waals surface area (Å²) in [6.45, 7) is 8.87. The molecule has 0 aromatic heterocycles. The number of nitrogens with one attached hydrogen (secondary N) is 2. The van der Waals surface area contributed by atoms with Gasteiger partial charge in [0.2, 0.25) is 6.79 Å². The number of unbranched alkanes of at least 4 members (excludes halogenated alkanes) is 1. The van der Waals surface area contributed by atoms with Crippen LogP contribution >= 0.6 is 15.9 Å². The van der Waals surface area contributed by atoms with Gasteiger partial charge in [0.05, 0.1) is 23.9 Å². The van der Waals surface area contributed by atoms with E-state index >= 15 is 0 Å². The van der Waals surface area contributed by atoms with Crippen molar-refractivity contribution < 1.29 is 28.5 Å². The number of hydrazone groups is 1. The molecule has 1 atom stereocenters. The number of nitrogens with zero attached hydrogens (tertiary/aromatic N) is 1. The predicted molar refractivity (Wildman–Crippen MR) is 140 cm³/mol. The molecular weight excluding hydrogens is 530 g/mol. The first kappa shape index (κ1) is 27.3. The van der Waals surface area contributed by atoms with E-state index in [1.54, 1.807) is 24.3 Å². The second-order valence-electron chi connectivity index (χ2n) is 8.46. The van der Waals surface area contributed by atoms with Gasteiger partial charge in [-0.15, -0.1) is 0 Å². The molecule has 0 fully saturated rings. The number of rotatable bonds is 12. The lowest BCUT2D eigenvalue weighted by Crippen LogP contribution is -2.48. The molecule has 0 saturated heterocycles. The SMILES string of the molecule is CCCCOc1c(Br)cc(C=NNC(=O)C(NC(=O)c2ccc3c(c2)OCO3)C(C)C)cc1OCC. The Morgan fingerprint density at radius 1 is 1.14 bits per heavy atom. The third kappa shape index (κ3) is 7.13. The van der Waals surface area contributed by atoms with Gasteiger partial charge >= 0.3 is 0 Å². The van der Waals surface area contributed by atoms with Crippen LogP contribution in [-0.2, 0) is 4.79 Å². The number of amides is 2. The number of hydrogen-bond acceptors (Lipinski definition) is 7. The molecule has 2 aromatic carbocycles. The van der Waals surface area contributed by atoms with Gasteiger partial charge in [-0.3, -0.25) is 9.59 Å². The molecular formula is C26H32BrN3O6. The number of benzene rings is 2. The van der Waals surface area contributed by atoms with Crippen LogP contribution in [0.1, 0.15) is 56.5 Å². The lowest BCUT2D eigenvalue weighted by molar-refractivity contribution is -0.123. The van der Waals surface area contributed by atoms with E-state index < -0.39 is 17.9 Å². The molecule has 1 unspecified atom stereocenters. The van der Waals surface area contributed by atoms with Crippen LogP contribution in [0.4, 0.5) is 0 Å². The van der Waals surface area contributed by atoms with Crippen LogP contribution < -0.4 is 29.7 Å². The Labute approximate surface area is 219 Å². The van der Waals surface area contributed by atoms with Gasteiger partial charge in [0.1, 0.15) is 6.04 Å². The fourth-order valence-electron chi connectivity index (χ4n) is 3.42. The first-order valence-corrected chi connectivity index (χ1v) is 12.8. The molecule has 1 heterocycles. The first-order chi connectivity index (χ1) is 17.3. The molecule has 0 bridgehead atoms. The monoisotopic (exact) mass is 561 g/mol. The maximum absolute atomic E-state index is 12.8. The van der Waals surface area contributed by atoms with Crippen LogP contribution in [0.25, 0.3) is 0 Å². The van der Waals surface area contributed by atoms with E-state index in [4.69, 9.17) is 18.9 Å².